The molecule has 0 saturated heterocycles. The molecule has 1 aromatic carbocycles. The first-order chi connectivity index (χ1) is 10.1. The minimum Gasteiger partial charge on any atom is -0.487 e. The molecule has 2 aromatic rings. The molecule has 1 heterocycles. The topological polar surface area (TPSA) is 47.3 Å². The van der Waals surface area contributed by atoms with Crippen molar-refractivity contribution in [2.75, 3.05) is 0 Å². The maximum Gasteiger partial charge on any atom is 0.131 e. The zero-order chi connectivity index (χ0) is 15.4. The van der Waals surface area contributed by atoms with Gasteiger partial charge in [-0.3, -0.25) is 4.68 Å². The number of benzene rings is 1. The first-order valence-electron chi connectivity index (χ1n) is 7.20. The van der Waals surface area contributed by atoms with E-state index in [0.717, 1.165) is 23.5 Å². The monoisotopic (exact) mass is 308 g/mol. The Morgan fingerprint density at radius 3 is 2.71 bits per heavy atom. The van der Waals surface area contributed by atoms with Crippen LogP contribution in [0.5, 0.6) is 5.75 Å². The summed E-state index contributed by atoms with van der Waals surface area (Å²) in [5.74, 6) is 0.685. The number of aryl methyl sites for hydroxylation is 2. The Balaban J connectivity index is 2.21. The molecule has 0 amide bonds. The molecule has 5 heteroatoms. The van der Waals surface area contributed by atoms with Gasteiger partial charge in [0.2, 0.25) is 0 Å². The number of halogens is 1. The van der Waals surface area contributed by atoms with Crippen molar-refractivity contribution in [1.29, 1.82) is 0 Å². The lowest BCUT2D eigenvalue weighted by atomic mass is 10.1. The Kier molecular flexibility index (Phi) is 5.26. The molecule has 0 fully saturated rings. The summed E-state index contributed by atoms with van der Waals surface area (Å²) in [6.45, 7) is 6.91. The molecule has 1 atom stereocenters. The minimum absolute atomic E-state index is 0.334. The van der Waals surface area contributed by atoms with Crippen LogP contribution in [0.2, 0.25) is 5.02 Å². The van der Waals surface area contributed by atoms with Gasteiger partial charge in [-0.05, 0) is 26.3 Å². The van der Waals surface area contributed by atoms with Gasteiger partial charge in [0, 0.05) is 12.1 Å². The fourth-order valence-corrected chi connectivity index (χ4v) is 2.45. The predicted molar refractivity (Wildman–Crippen MR) is 83.7 cm³/mol. The Hall–Kier alpha value is -1.52. The van der Waals surface area contributed by atoms with Crippen LogP contribution in [-0.2, 0) is 13.2 Å². The van der Waals surface area contributed by atoms with Gasteiger partial charge in [0.1, 0.15) is 12.4 Å². The summed E-state index contributed by atoms with van der Waals surface area (Å²) >= 11 is 6.28. The number of aliphatic hydroxyl groups is 1. The normalized spacial score (nSPS) is 12.4. The number of nitrogens with zero attached hydrogens (tertiary/aromatic N) is 2. The second-order valence-corrected chi connectivity index (χ2v) is 5.29. The SMILES string of the molecule is CC[C@H](O)c1ccccc1OCc1c(Cl)c(C)nn1CC. The lowest BCUT2D eigenvalue weighted by Gasteiger charge is -2.15. The van der Waals surface area contributed by atoms with Gasteiger partial charge in [-0.25, -0.2) is 0 Å². The van der Waals surface area contributed by atoms with E-state index in [1.165, 1.54) is 0 Å². The molecule has 4 nitrogen and oxygen atoms in total. The maximum atomic E-state index is 10.0. The van der Waals surface area contributed by atoms with E-state index in [1.807, 2.05) is 49.7 Å². The molecule has 1 N–H and O–H groups in total. The molecule has 0 aliphatic heterocycles. The van der Waals surface area contributed by atoms with Crippen LogP contribution in [0.15, 0.2) is 24.3 Å². The Morgan fingerprint density at radius 2 is 2.05 bits per heavy atom. The number of rotatable bonds is 6. The quantitative estimate of drug-likeness (QED) is 0.880. The van der Waals surface area contributed by atoms with Gasteiger partial charge >= 0.3 is 0 Å². The van der Waals surface area contributed by atoms with Crippen LogP contribution in [0.4, 0.5) is 0 Å². The fourth-order valence-electron chi connectivity index (χ4n) is 2.26. The summed E-state index contributed by atoms with van der Waals surface area (Å²) in [5.41, 5.74) is 2.46. The molecule has 0 bridgehead atoms. The van der Waals surface area contributed by atoms with Crippen LogP contribution in [0.1, 0.15) is 43.3 Å². The fraction of sp³-hybridized carbons (Fsp3) is 0.438. The summed E-state index contributed by atoms with van der Waals surface area (Å²) in [6, 6.07) is 7.54. The van der Waals surface area contributed by atoms with Crippen molar-refractivity contribution in [1.82, 2.24) is 9.78 Å². The first kappa shape index (κ1) is 15.9. The van der Waals surface area contributed by atoms with Gasteiger partial charge < -0.3 is 9.84 Å². The largest absolute Gasteiger partial charge is 0.487 e. The van der Waals surface area contributed by atoms with Crippen molar-refractivity contribution in [2.45, 2.75) is 46.4 Å². The lowest BCUT2D eigenvalue weighted by Crippen LogP contribution is -2.08. The van der Waals surface area contributed by atoms with Gasteiger partial charge in [-0.1, -0.05) is 36.7 Å². The highest BCUT2D eigenvalue weighted by Gasteiger charge is 2.15. The Labute approximate surface area is 130 Å². The van der Waals surface area contributed by atoms with Crippen molar-refractivity contribution in [3.63, 3.8) is 0 Å². The molecule has 21 heavy (non-hydrogen) atoms. The van der Waals surface area contributed by atoms with Gasteiger partial charge in [0.15, 0.2) is 0 Å². The van der Waals surface area contributed by atoms with Crippen LogP contribution in [0.3, 0.4) is 0 Å². The van der Waals surface area contributed by atoms with Crippen molar-refractivity contribution < 1.29 is 9.84 Å². The minimum atomic E-state index is -0.519. The third kappa shape index (κ3) is 3.39. The van der Waals surface area contributed by atoms with Gasteiger partial charge in [-0.15, -0.1) is 0 Å². The smallest absolute Gasteiger partial charge is 0.131 e. The van der Waals surface area contributed by atoms with Crippen molar-refractivity contribution in [2.24, 2.45) is 0 Å². The predicted octanol–water partition coefficient (Wildman–Crippen LogP) is 3.89. The lowest BCUT2D eigenvalue weighted by molar-refractivity contribution is 0.166. The van der Waals surface area contributed by atoms with Crippen molar-refractivity contribution >= 4 is 11.6 Å². The van der Waals surface area contributed by atoms with Crippen LogP contribution < -0.4 is 4.74 Å². The zero-order valence-corrected chi connectivity index (χ0v) is 13.4. The molecule has 114 valence electrons. The summed E-state index contributed by atoms with van der Waals surface area (Å²) in [4.78, 5) is 0. The van der Waals surface area contributed by atoms with E-state index in [0.29, 0.717) is 23.8 Å². The summed E-state index contributed by atoms with van der Waals surface area (Å²) in [7, 11) is 0. The Morgan fingerprint density at radius 1 is 1.33 bits per heavy atom. The number of aliphatic hydroxyl groups excluding tert-OH is 1. The van der Waals surface area contributed by atoms with E-state index in [4.69, 9.17) is 16.3 Å². The highest BCUT2D eigenvalue weighted by atomic mass is 35.5. The number of ether oxygens (including phenoxy) is 1. The van der Waals surface area contributed by atoms with Crippen LogP contribution in [0, 0.1) is 6.92 Å². The summed E-state index contributed by atoms with van der Waals surface area (Å²) in [6.07, 6.45) is 0.127. The van der Waals surface area contributed by atoms with E-state index in [1.54, 1.807) is 0 Å². The van der Waals surface area contributed by atoms with Crippen LogP contribution >= 0.6 is 11.6 Å². The van der Waals surface area contributed by atoms with E-state index in [-0.39, 0.29) is 0 Å². The van der Waals surface area contributed by atoms with Crippen molar-refractivity contribution in [3.05, 3.63) is 46.2 Å². The molecule has 0 aliphatic carbocycles. The molecule has 2 rings (SSSR count). The number of hydrogen-bond acceptors (Lipinski definition) is 3. The second kappa shape index (κ2) is 6.96. The number of hydrogen-bond donors (Lipinski definition) is 1. The highest BCUT2D eigenvalue weighted by molar-refractivity contribution is 6.31. The zero-order valence-electron chi connectivity index (χ0n) is 12.6. The number of para-hydroxylation sites is 1. The van der Waals surface area contributed by atoms with E-state index >= 15 is 0 Å². The summed E-state index contributed by atoms with van der Waals surface area (Å²) < 4.78 is 7.72. The second-order valence-electron chi connectivity index (χ2n) is 4.91. The van der Waals surface area contributed by atoms with E-state index < -0.39 is 6.10 Å². The van der Waals surface area contributed by atoms with Crippen LogP contribution in [-0.4, -0.2) is 14.9 Å². The molecule has 0 saturated carbocycles. The molecular formula is C16H21ClN2O2. The Bertz CT molecular complexity index is 610. The van der Waals surface area contributed by atoms with Gasteiger partial charge in [-0.2, -0.15) is 5.10 Å². The van der Waals surface area contributed by atoms with E-state index in [2.05, 4.69) is 5.10 Å². The molecule has 0 unspecified atom stereocenters. The third-order valence-electron chi connectivity index (χ3n) is 3.48. The van der Waals surface area contributed by atoms with Gasteiger partial charge in [0.25, 0.3) is 0 Å². The molecule has 1 aromatic heterocycles. The molecule has 0 radical (unpaired) electrons. The highest BCUT2D eigenvalue weighted by Crippen LogP contribution is 2.29. The first-order valence-corrected chi connectivity index (χ1v) is 7.57. The molecule has 0 aliphatic rings. The molecule has 0 spiro atoms. The summed E-state index contributed by atoms with van der Waals surface area (Å²) in [5, 5.41) is 15.1. The standard InChI is InChI=1S/C16H21ClN2O2/c1-4-14(20)12-8-6-7-9-15(12)21-10-13-16(17)11(3)18-19(13)5-2/h6-9,14,20H,4-5,10H2,1-3H3/t14-/m0/s1. The number of aromatic nitrogens is 2. The van der Waals surface area contributed by atoms with Crippen LogP contribution in [0.25, 0.3) is 0 Å². The average molecular weight is 309 g/mol. The maximum absolute atomic E-state index is 10.0. The third-order valence-corrected chi connectivity index (χ3v) is 3.97. The molecular weight excluding hydrogens is 288 g/mol. The van der Waals surface area contributed by atoms with Gasteiger partial charge in [0.05, 0.1) is 22.5 Å². The average Bonchev–Trinajstić information content (AvgIpc) is 2.79. The van der Waals surface area contributed by atoms with E-state index in [9.17, 15) is 5.11 Å². The van der Waals surface area contributed by atoms with Crippen molar-refractivity contribution in [3.8, 4) is 5.75 Å².